The first-order valence-corrected chi connectivity index (χ1v) is 5.77. The molecule has 0 unspecified atom stereocenters. The third kappa shape index (κ3) is 3.18. The monoisotopic (exact) mass is 207 g/mol. The Morgan fingerprint density at radius 3 is 2.13 bits per heavy atom. The van der Waals surface area contributed by atoms with Gasteiger partial charge in [0, 0.05) is 17.9 Å². The third-order valence-corrected chi connectivity index (χ3v) is 2.54. The minimum absolute atomic E-state index is 0.757. The van der Waals surface area contributed by atoms with Gasteiger partial charge in [-0.15, -0.1) is 0 Å². The summed E-state index contributed by atoms with van der Waals surface area (Å²) in [4.78, 5) is 8.91. The van der Waals surface area contributed by atoms with Gasteiger partial charge in [-0.2, -0.15) is 0 Å². The lowest BCUT2D eigenvalue weighted by atomic mass is 10.1. The third-order valence-electron chi connectivity index (χ3n) is 2.54. The maximum absolute atomic E-state index is 4.45. The second-order valence-corrected chi connectivity index (χ2v) is 3.83. The van der Waals surface area contributed by atoms with Crippen LogP contribution in [0.1, 0.15) is 43.6 Å². The summed E-state index contributed by atoms with van der Waals surface area (Å²) in [6, 6.07) is 0. The van der Waals surface area contributed by atoms with Gasteiger partial charge in [0.05, 0.1) is 0 Å². The zero-order chi connectivity index (χ0) is 11.3. The molecule has 0 saturated carbocycles. The molecule has 0 aliphatic carbocycles. The summed E-state index contributed by atoms with van der Waals surface area (Å²) < 4.78 is 0. The number of aryl methyl sites for hydroxylation is 2. The van der Waals surface area contributed by atoms with E-state index in [-0.39, 0.29) is 0 Å². The fourth-order valence-electron chi connectivity index (χ4n) is 1.69. The Morgan fingerprint density at radius 2 is 1.67 bits per heavy atom. The number of unbranched alkanes of at least 4 members (excludes halogenated alkanes) is 1. The Bertz CT molecular complexity index is 298. The van der Waals surface area contributed by atoms with Crippen LogP contribution in [-0.4, -0.2) is 16.5 Å². The van der Waals surface area contributed by atoms with Crippen LogP contribution in [0.2, 0.25) is 0 Å². The summed E-state index contributed by atoms with van der Waals surface area (Å²) in [5.41, 5.74) is 3.55. The van der Waals surface area contributed by atoms with Crippen molar-refractivity contribution in [1.82, 2.24) is 9.97 Å². The summed E-state index contributed by atoms with van der Waals surface area (Å²) in [5, 5.41) is 3.15. The summed E-state index contributed by atoms with van der Waals surface area (Å²) in [6.45, 7) is 9.27. The molecule has 1 N–H and O–H groups in total. The molecule has 0 aliphatic rings. The van der Waals surface area contributed by atoms with Gasteiger partial charge in [-0.05, 0) is 39.2 Å². The number of hydrogen-bond donors (Lipinski definition) is 1. The number of aromatic nitrogens is 2. The van der Waals surface area contributed by atoms with E-state index in [1.165, 1.54) is 18.4 Å². The first-order chi connectivity index (χ1) is 7.19. The van der Waals surface area contributed by atoms with Gasteiger partial charge in [-0.25, -0.2) is 9.97 Å². The van der Waals surface area contributed by atoms with Crippen molar-refractivity contribution in [1.29, 1.82) is 0 Å². The van der Waals surface area contributed by atoms with Crippen molar-refractivity contribution in [2.45, 2.75) is 47.0 Å². The lowest BCUT2D eigenvalue weighted by molar-refractivity contribution is 0.774. The van der Waals surface area contributed by atoms with Crippen molar-refractivity contribution < 1.29 is 0 Å². The fraction of sp³-hybridized carbons (Fsp3) is 0.667. The Hall–Kier alpha value is -1.12. The van der Waals surface area contributed by atoms with E-state index >= 15 is 0 Å². The van der Waals surface area contributed by atoms with Crippen molar-refractivity contribution in [3.63, 3.8) is 0 Å². The van der Waals surface area contributed by atoms with E-state index in [1.807, 2.05) is 0 Å². The van der Waals surface area contributed by atoms with Gasteiger partial charge >= 0.3 is 0 Å². The molecule has 0 spiro atoms. The lowest BCUT2D eigenvalue weighted by Crippen LogP contribution is -2.07. The highest BCUT2D eigenvalue weighted by Crippen LogP contribution is 2.15. The van der Waals surface area contributed by atoms with Crippen LogP contribution in [0.25, 0.3) is 0 Å². The molecule has 0 fully saturated rings. The molecule has 3 nitrogen and oxygen atoms in total. The second-order valence-electron chi connectivity index (χ2n) is 3.83. The highest BCUT2D eigenvalue weighted by Gasteiger charge is 2.07. The molecule has 0 aromatic carbocycles. The zero-order valence-electron chi connectivity index (χ0n) is 10.2. The largest absolute Gasteiger partial charge is 0.354 e. The summed E-state index contributed by atoms with van der Waals surface area (Å²) >= 11 is 0. The maximum atomic E-state index is 4.45. The van der Waals surface area contributed by atoms with Crippen LogP contribution in [0, 0.1) is 13.8 Å². The molecule has 0 aliphatic heterocycles. The molecule has 0 bridgehead atoms. The van der Waals surface area contributed by atoms with Crippen LogP contribution >= 0.6 is 0 Å². The highest BCUT2D eigenvalue weighted by molar-refractivity contribution is 5.33. The lowest BCUT2D eigenvalue weighted by Gasteiger charge is -2.10. The summed E-state index contributed by atoms with van der Waals surface area (Å²) in [5.74, 6) is 0.757. The molecule has 1 heterocycles. The molecule has 15 heavy (non-hydrogen) atoms. The molecule has 84 valence electrons. The Kier molecular flexibility index (Phi) is 4.53. The van der Waals surface area contributed by atoms with Gasteiger partial charge in [0.25, 0.3) is 0 Å². The molecule has 0 radical (unpaired) electrons. The van der Waals surface area contributed by atoms with E-state index in [1.54, 1.807) is 0 Å². The van der Waals surface area contributed by atoms with E-state index in [0.29, 0.717) is 0 Å². The first kappa shape index (κ1) is 12.0. The second kappa shape index (κ2) is 5.69. The summed E-state index contributed by atoms with van der Waals surface area (Å²) in [7, 11) is 0. The van der Waals surface area contributed by atoms with Crippen LogP contribution in [-0.2, 0) is 6.42 Å². The smallest absolute Gasteiger partial charge is 0.223 e. The molecular formula is C12H21N3. The van der Waals surface area contributed by atoms with Crippen molar-refractivity contribution in [3.05, 3.63) is 17.0 Å². The number of nitrogens with zero attached hydrogens (tertiary/aromatic N) is 2. The van der Waals surface area contributed by atoms with Crippen molar-refractivity contribution in [2.24, 2.45) is 0 Å². The molecule has 1 aromatic heterocycles. The van der Waals surface area contributed by atoms with Gasteiger partial charge in [-0.1, -0.05) is 13.3 Å². The average molecular weight is 207 g/mol. The predicted molar refractivity (Wildman–Crippen MR) is 64.3 cm³/mol. The molecule has 0 saturated heterocycles. The van der Waals surface area contributed by atoms with Crippen LogP contribution in [0.15, 0.2) is 0 Å². The number of hydrogen-bond acceptors (Lipinski definition) is 3. The Labute approximate surface area is 92.3 Å². The molecule has 0 amide bonds. The maximum Gasteiger partial charge on any atom is 0.223 e. The Balaban J connectivity index is 2.88. The van der Waals surface area contributed by atoms with Crippen molar-refractivity contribution >= 4 is 5.95 Å². The van der Waals surface area contributed by atoms with Crippen LogP contribution in [0.3, 0.4) is 0 Å². The van der Waals surface area contributed by atoms with Gasteiger partial charge < -0.3 is 5.32 Å². The molecule has 0 atom stereocenters. The fourth-order valence-corrected chi connectivity index (χ4v) is 1.69. The normalized spacial score (nSPS) is 10.4. The quantitative estimate of drug-likeness (QED) is 0.806. The SMILES string of the molecule is CCCCc1c(C)nc(NCC)nc1C. The van der Waals surface area contributed by atoms with E-state index < -0.39 is 0 Å². The minimum Gasteiger partial charge on any atom is -0.354 e. The predicted octanol–water partition coefficient (Wildman–Crippen LogP) is 2.87. The zero-order valence-corrected chi connectivity index (χ0v) is 10.2. The van der Waals surface area contributed by atoms with Gasteiger partial charge in [0.1, 0.15) is 0 Å². The van der Waals surface area contributed by atoms with E-state index in [0.717, 1.165) is 30.3 Å². The minimum atomic E-state index is 0.757. The first-order valence-electron chi connectivity index (χ1n) is 5.77. The van der Waals surface area contributed by atoms with Crippen molar-refractivity contribution in [2.75, 3.05) is 11.9 Å². The van der Waals surface area contributed by atoms with Crippen molar-refractivity contribution in [3.8, 4) is 0 Å². The molecular weight excluding hydrogens is 186 g/mol. The molecule has 3 heteroatoms. The number of anilines is 1. The number of nitrogens with one attached hydrogen (secondary N) is 1. The van der Waals surface area contributed by atoms with Gasteiger partial charge in [0.15, 0.2) is 0 Å². The highest BCUT2D eigenvalue weighted by atomic mass is 15.1. The van der Waals surface area contributed by atoms with Crippen LogP contribution in [0.4, 0.5) is 5.95 Å². The molecule has 1 aromatic rings. The number of rotatable bonds is 5. The molecule has 1 rings (SSSR count). The standard InChI is InChI=1S/C12H21N3/c1-5-7-8-11-9(3)14-12(13-6-2)15-10(11)4/h5-8H2,1-4H3,(H,13,14,15). The van der Waals surface area contributed by atoms with Crippen LogP contribution < -0.4 is 5.32 Å². The topological polar surface area (TPSA) is 37.8 Å². The summed E-state index contributed by atoms with van der Waals surface area (Å²) in [6.07, 6.45) is 3.53. The average Bonchev–Trinajstić information content (AvgIpc) is 2.17. The Morgan fingerprint density at radius 1 is 1.07 bits per heavy atom. The van der Waals surface area contributed by atoms with Gasteiger partial charge in [0.2, 0.25) is 5.95 Å². The van der Waals surface area contributed by atoms with E-state index in [4.69, 9.17) is 0 Å². The van der Waals surface area contributed by atoms with E-state index in [9.17, 15) is 0 Å². The van der Waals surface area contributed by atoms with Gasteiger partial charge in [-0.3, -0.25) is 0 Å². The van der Waals surface area contributed by atoms with E-state index in [2.05, 4.69) is 43.0 Å². The van der Waals surface area contributed by atoms with Crippen LogP contribution in [0.5, 0.6) is 0 Å².